The number of ether oxygens (including phenoxy) is 1. The molecule has 182 valence electrons. The van der Waals surface area contributed by atoms with Crippen LogP contribution in [0.1, 0.15) is 12.0 Å². The van der Waals surface area contributed by atoms with Crippen molar-refractivity contribution in [3.05, 3.63) is 76.8 Å². The molecule has 34 heavy (non-hydrogen) atoms. The summed E-state index contributed by atoms with van der Waals surface area (Å²) < 4.78 is 35.0. The number of aliphatic hydroxyl groups excluding tert-OH is 1. The lowest BCUT2D eigenvalue weighted by molar-refractivity contribution is 0.145. The molecule has 0 aliphatic rings. The van der Waals surface area contributed by atoms with Crippen LogP contribution in [0.25, 0.3) is 0 Å². The molecule has 0 saturated heterocycles. The number of nitrogens with one attached hydrogen (secondary N) is 1. The monoisotopic (exact) mass is 526 g/mol. The molecule has 0 aliphatic heterocycles. The minimum absolute atomic E-state index is 0.0133. The van der Waals surface area contributed by atoms with E-state index >= 15 is 0 Å². The van der Waals surface area contributed by atoms with E-state index in [1.807, 2.05) is 4.57 Å². The lowest BCUT2D eigenvalue weighted by Gasteiger charge is -2.26. The summed E-state index contributed by atoms with van der Waals surface area (Å²) in [6.45, 7) is 0.490. The fraction of sp³-hybridized carbons (Fsp3) is 0.273. The number of sulfonamides is 1. The van der Waals surface area contributed by atoms with Crippen LogP contribution in [0.15, 0.2) is 66.1 Å². The standard InChI is InChI=1S/C22H24Cl2N4O5S/c23-18-4-6-20(7-5-18)34(31,32)28(21-14-19(24)3-2-17(21)15-29)10-1-13-33-22(30)26-9-12-27-11-8-25-16-27/h2-8,11,14,16,29H,1,9-10,12-13,15H2,(H,26,30). The average Bonchev–Trinajstić information content (AvgIpc) is 3.33. The zero-order valence-corrected chi connectivity index (χ0v) is 20.4. The maximum absolute atomic E-state index is 13.4. The smallest absolute Gasteiger partial charge is 0.407 e. The van der Waals surface area contributed by atoms with Crippen molar-refractivity contribution in [2.75, 3.05) is 24.0 Å². The van der Waals surface area contributed by atoms with Gasteiger partial charge in [0.2, 0.25) is 0 Å². The molecule has 2 aromatic carbocycles. The molecule has 3 aromatic rings. The summed E-state index contributed by atoms with van der Waals surface area (Å²) in [4.78, 5) is 15.9. The summed E-state index contributed by atoms with van der Waals surface area (Å²) in [6.07, 6.45) is 4.66. The van der Waals surface area contributed by atoms with Crippen LogP contribution in [0.3, 0.4) is 0 Å². The first kappa shape index (κ1) is 25.8. The van der Waals surface area contributed by atoms with Crippen LogP contribution in [0.4, 0.5) is 10.5 Å². The summed E-state index contributed by atoms with van der Waals surface area (Å²) in [5.41, 5.74) is 0.634. The number of hydrogen-bond donors (Lipinski definition) is 2. The van der Waals surface area contributed by atoms with E-state index in [1.165, 1.54) is 30.3 Å². The van der Waals surface area contributed by atoms with E-state index in [0.717, 1.165) is 4.31 Å². The summed E-state index contributed by atoms with van der Waals surface area (Å²) in [5, 5.41) is 13.1. The van der Waals surface area contributed by atoms with Gasteiger partial charge in [0.25, 0.3) is 10.0 Å². The van der Waals surface area contributed by atoms with Gasteiger partial charge >= 0.3 is 6.09 Å². The topological polar surface area (TPSA) is 114 Å². The zero-order chi connectivity index (χ0) is 24.6. The molecular formula is C22H24Cl2N4O5S. The number of aliphatic hydroxyl groups is 1. The van der Waals surface area contributed by atoms with Gasteiger partial charge in [-0.3, -0.25) is 4.31 Å². The zero-order valence-electron chi connectivity index (χ0n) is 18.1. The van der Waals surface area contributed by atoms with Crippen molar-refractivity contribution in [3.63, 3.8) is 0 Å². The second-order valence-electron chi connectivity index (χ2n) is 7.18. The third-order valence-corrected chi connectivity index (χ3v) is 7.14. The highest BCUT2D eigenvalue weighted by Gasteiger charge is 2.27. The third kappa shape index (κ3) is 6.86. The number of rotatable bonds is 11. The van der Waals surface area contributed by atoms with Crippen LogP contribution < -0.4 is 9.62 Å². The summed E-state index contributed by atoms with van der Waals surface area (Å²) in [5.74, 6) is 0. The van der Waals surface area contributed by atoms with Gasteiger partial charge in [-0.15, -0.1) is 0 Å². The van der Waals surface area contributed by atoms with E-state index in [-0.39, 0.29) is 36.8 Å². The maximum atomic E-state index is 13.4. The van der Waals surface area contributed by atoms with E-state index in [0.29, 0.717) is 28.7 Å². The first-order valence-corrected chi connectivity index (χ1v) is 12.5. The van der Waals surface area contributed by atoms with E-state index in [1.54, 1.807) is 30.9 Å². The molecule has 3 rings (SSSR count). The molecule has 1 amide bonds. The van der Waals surface area contributed by atoms with Gasteiger partial charge in [0.15, 0.2) is 0 Å². The van der Waals surface area contributed by atoms with Crippen molar-refractivity contribution < 1.29 is 23.1 Å². The molecular weight excluding hydrogens is 503 g/mol. The molecule has 0 aliphatic carbocycles. The van der Waals surface area contributed by atoms with Crippen LogP contribution in [0.2, 0.25) is 10.0 Å². The number of nitrogens with zero attached hydrogens (tertiary/aromatic N) is 3. The fourth-order valence-corrected chi connectivity index (χ4v) is 4.96. The van der Waals surface area contributed by atoms with Crippen LogP contribution in [-0.2, 0) is 27.9 Å². The van der Waals surface area contributed by atoms with Gasteiger partial charge in [0.1, 0.15) is 0 Å². The molecule has 0 radical (unpaired) electrons. The van der Waals surface area contributed by atoms with Crippen LogP contribution in [0, 0.1) is 0 Å². The van der Waals surface area contributed by atoms with Gasteiger partial charge in [-0.1, -0.05) is 29.3 Å². The van der Waals surface area contributed by atoms with Gasteiger partial charge in [-0.25, -0.2) is 18.2 Å². The number of carbonyl (C=O) groups excluding carboxylic acids is 1. The van der Waals surface area contributed by atoms with Crippen LogP contribution in [-0.4, -0.2) is 48.9 Å². The molecule has 1 heterocycles. The highest BCUT2D eigenvalue weighted by Crippen LogP contribution is 2.30. The molecule has 0 bridgehead atoms. The molecule has 0 spiro atoms. The molecule has 2 N–H and O–H groups in total. The summed E-state index contributed by atoms with van der Waals surface area (Å²) in [6, 6.07) is 10.4. The Morgan fingerprint density at radius 2 is 1.88 bits per heavy atom. The van der Waals surface area contributed by atoms with Crippen LogP contribution >= 0.6 is 23.2 Å². The minimum Gasteiger partial charge on any atom is -0.449 e. The Morgan fingerprint density at radius 3 is 2.56 bits per heavy atom. The predicted molar refractivity (Wildman–Crippen MR) is 130 cm³/mol. The highest BCUT2D eigenvalue weighted by molar-refractivity contribution is 7.92. The molecule has 0 saturated carbocycles. The average molecular weight is 527 g/mol. The molecule has 9 nitrogen and oxygen atoms in total. The number of carbonyl (C=O) groups is 1. The number of halogens is 2. The Balaban J connectivity index is 1.68. The third-order valence-electron chi connectivity index (χ3n) is 4.83. The second-order valence-corrected chi connectivity index (χ2v) is 9.91. The molecule has 0 fully saturated rings. The van der Waals surface area contributed by atoms with Crippen molar-refractivity contribution in [3.8, 4) is 0 Å². The lowest BCUT2D eigenvalue weighted by Crippen LogP contribution is -2.34. The molecule has 12 heteroatoms. The lowest BCUT2D eigenvalue weighted by atomic mass is 10.2. The Hall–Kier alpha value is -2.79. The highest BCUT2D eigenvalue weighted by atomic mass is 35.5. The number of anilines is 1. The normalized spacial score (nSPS) is 11.3. The number of imidazole rings is 1. The van der Waals surface area contributed by atoms with E-state index in [4.69, 9.17) is 27.9 Å². The first-order valence-electron chi connectivity index (χ1n) is 10.3. The van der Waals surface area contributed by atoms with Gasteiger partial charge < -0.3 is 19.7 Å². The first-order chi connectivity index (χ1) is 16.3. The van der Waals surface area contributed by atoms with Crippen molar-refractivity contribution in [2.24, 2.45) is 0 Å². The van der Waals surface area contributed by atoms with E-state index in [9.17, 15) is 18.3 Å². The summed E-state index contributed by atoms with van der Waals surface area (Å²) in [7, 11) is -4.02. The number of amides is 1. The number of aromatic nitrogens is 2. The second kappa shape index (κ2) is 12.1. The van der Waals surface area contributed by atoms with Gasteiger partial charge in [0, 0.05) is 54.1 Å². The minimum atomic E-state index is -4.02. The van der Waals surface area contributed by atoms with E-state index < -0.39 is 16.1 Å². The van der Waals surface area contributed by atoms with Crippen molar-refractivity contribution >= 4 is 45.0 Å². The number of alkyl carbamates (subject to hydrolysis) is 1. The Labute approximate surface area is 207 Å². The maximum Gasteiger partial charge on any atom is 0.407 e. The molecule has 1 aromatic heterocycles. The van der Waals surface area contributed by atoms with Crippen molar-refractivity contribution in [1.82, 2.24) is 14.9 Å². The Bertz CT molecular complexity index is 1190. The molecule has 0 unspecified atom stereocenters. The van der Waals surface area contributed by atoms with Crippen LogP contribution in [0.5, 0.6) is 0 Å². The van der Waals surface area contributed by atoms with Gasteiger partial charge in [-0.2, -0.15) is 0 Å². The number of benzene rings is 2. The largest absolute Gasteiger partial charge is 0.449 e. The Kier molecular flexibility index (Phi) is 9.17. The Morgan fingerprint density at radius 1 is 1.15 bits per heavy atom. The van der Waals surface area contributed by atoms with Gasteiger partial charge in [0.05, 0.1) is 30.1 Å². The van der Waals surface area contributed by atoms with Crippen molar-refractivity contribution in [2.45, 2.75) is 24.5 Å². The van der Waals surface area contributed by atoms with Crippen molar-refractivity contribution in [1.29, 1.82) is 0 Å². The molecule has 0 atom stereocenters. The summed E-state index contributed by atoms with van der Waals surface area (Å²) >= 11 is 12.0. The number of hydrogen-bond acceptors (Lipinski definition) is 6. The fourth-order valence-electron chi connectivity index (χ4n) is 3.14. The predicted octanol–water partition coefficient (Wildman–Crippen LogP) is 3.69. The quantitative estimate of drug-likeness (QED) is 0.368. The SMILES string of the molecule is O=C(NCCn1ccnc1)OCCCN(c1cc(Cl)ccc1CO)S(=O)(=O)c1ccc(Cl)cc1. The van der Waals surface area contributed by atoms with Gasteiger partial charge in [-0.05, 0) is 36.4 Å². The van der Waals surface area contributed by atoms with E-state index in [2.05, 4.69) is 10.3 Å².